The van der Waals surface area contributed by atoms with Gasteiger partial charge in [0.2, 0.25) is 17.8 Å². The Kier molecular flexibility index (Phi) is 8.37. The maximum atomic E-state index is 14.9. The van der Waals surface area contributed by atoms with Crippen molar-refractivity contribution >= 4 is 41.0 Å². The van der Waals surface area contributed by atoms with Crippen LogP contribution in [0.25, 0.3) is 0 Å². The van der Waals surface area contributed by atoms with Gasteiger partial charge in [-0.05, 0) is 48.7 Å². The lowest BCUT2D eigenvalue weighted by Gasteiger charge is -2.39. The van der Waals surface area contributed by atoms with Crippen molar-refractivity contribution in [1.29, 1.82) is 5.26 Å². The highest BCUT2D eigenvalue weighted by Crippen LogP contribution is 2.40. The highest BCUT2D eigenvalue weighted by molar-refractivity contribution is 6.31. The van der Waals surface area contributed by atoms with Gasteiger partial charge in [-0.2, -0.15) is 5.26 Å². The Morgan fingerprint density at radius 2 is 1.98 bits per heavy atom. The second kappa shape index (κ2) is 12.0. The van der Waals surface area contributed by atoms with Crippen molar-refractivity contribution in [3.63, 3.8) is 0 Å². The molecule has 9 nitrogen and oxygen atoms in total. The molecule has 1 N–H and O–H groups in total. The van der Waals surface area contributed by atoms with Crippen molar-refractivity contribution in [3.8, 4) is 6.07 Å². The normalized spacial score (nSPS) is 18.5. The lowest BCUT2D eigenvalue weighted by atomic mass is 9.87. The molecule has 2 atom stereocenters. The lowest BCUT2D eigenvalue weighted by molar-refractivity contribution is -0.133. The molecule has 3 aromatic rings. The van der Waals surface area contributed by atoms with Crippen LogP contribution in [0.1, 0.15) is 55.5 Å². The van der Waals surface area contributed by atoms with Crippen LogP contribution < -0.4 is 15.1 Å². The average Bonchev–Trinajstić information content (AvgIpc) is 3.35. The number of aromatic nitrogens is 2. The number of aryl methyl sites for hydroxylation is 1. The maximum absolute atomic E-state index is 14.9. The van der Waals surface area contributed by atoms with E-state index in [1.165, 1.54) is 30.5 Å². The quantitative estimate of drug-likeness (QED) is 0.388. The molecule has 2 aliphatic rings. The van der Waals surface area contributed by atoms with Crippen LogP contribution in [-0.4, -0.2) is 45.7 Å². The lowest BCUT2D eigenvalue weighted by Crippen LogP contribution is -2.56. The minimum Gasteiger partial charge on any atom is -0.351 e. The molecular formula is C30H26ClF3N6O3. The van der Waals surface area contributed by atoms with Crippen molar-refractivity contribution in [2.24, 2.45) is 0 Å². The Labute approximate surface area is 250 Å². The molecule has 1 saturated heterocycles. The molecule has 3 amide bonds. The number of carbonyl (C=O) groups is 3. The van der Waals surface area contributed by atoms with Crippen molar-refractivity contribution in [1.82, 2.24) is 15.3 Å². The Balaban J connectivity index is 1.64. The molecule has 0 unspecified atom stereocenters. The summed E-state index contributed by atoms with van der Waals surface area (Å²) in [6, 6.07) is 9.75. The Hall–Kier alpha value is -4.50. The highest BCUT2D eigenvalue weighted by Gasteiger charge is 2.49. The monoisotopic (exact) mass is 610 g/mol. The summed E-state index contributed by atoms with van der Waals surface area (Å²) in [4.78, 5) is 51.9. The number of nitrogens with zero attached hydrogens (tertiary/aromatic N) is 5. The molecule has 0 radical (unpaired) electrons. The minimum atomic E-state index is -2.92. The summed E-state index contributed by atoms with van der Waals surface area (Å²) in [6.07, 6.45) is 0.485. The third-order valence-electron chi connectivity index (χ3n) is 7.48. The van der Waals surface area contributed by atoms with Crippen LogP contribution in [0.2, 0.25) is 5.02 Å². The zero-order chi connectivity index (χ0) is 30.9. The fraction of sp³-hybridized carbons (Fsp3) is 0.333. The van der Waals surface area contributed by atoms with Gasteiger partial charge < -0.3 is 5.32 Å². The molecular weight excluding hydrogens is 585 g/mol. The van der Waals surface area contributed by atoms with Crippen molar-refractivity contribution in [3.05, 3.63) is 82.4 Å². The first kappa shape index (κ1) is 30.0. The number of amides is 3. The first-order chi connectivity index (χ1) is 20.5. The van der Waals surface area contributed by atoms with E-state index in [9.17, 15) is 32.8 Å². The van der Waals surface area contributed by atoms with Gasteiger partial charge in [0, 0.05) is 47.8 Å². The van der Waals surface area contributed by atoms with E-state index in [1.54, 1.807) is 25.1 Å². The molecule has 1 saturated carbocycles. The van der Waals surface area contributed by atoms with Crippen molar-refractivity contribution in [2.75, 3.05) is 9.80 Å². The molecule has 0 bridgehead atoms. The first-order valence-corrected chi connectivity index (χ1v) is 14.0. The third kappa shape index (κ3) is 6.17. The zero-order valence-electron chi connectivity index (χ0n) is 22.9. The number of nitriles is 1. The number of halogens is 4. The van der Waals surface area contributed by atoms with Gasteiger partial charge in [0.05, 0.1) is 0 Å². The number of hydrogen-bond acceptors (Lipinski definition) is 6. The minimum absolute atomic E-state index is 0.00634. The van der Waals surface area contributed by atoms with Gasteiger partial charge in [-0.15, -0.1) is 0 Å². The van der Waals surface area contributed by atoms with E-state index in [0.29, 0.717) is 12.0 Å². The largest absolute Gasteiger partial charge is 0.351 e. The van der Waals surface area contributed by atoms with Gasteiger partial charge in [-0.1, -0.05) is 36.7 Å². The maximum Gasteiger partial charge on any atom is 0.252 e. The number of carbonyl (C=O) groups excluding carboxylic acids is 3. The Morgan fingerprint density at radius 3 is 2.65 bits per heavy atom. The van der Waals surface area contributed by atoms with Gasteiger partial charge in [0.15, 0.2) is 0 Å². The van der Waals surface area contributed by atoms with Crippen LogP contribution in [0.5, 0.6) is 0 Å². The molecule has 2 aromatic carbocycles. The molecule has 2 heterocycles. The second-order valence-electron chi connectivity index (χ2n) is 10.4. The molecule has 0 spiro atoms. The number of benzene rings is 2. The van der Waals surface area contributed by atoms with Gasteiger partial charge in [-0.3, -0.25) is 24.2 Å². The molecule has 222 valence electrons. The van der Waals surface area contributed by atoms with Gasteiger partial charge in [0.25, 0.3) is 11.8 Å². The van der Waals surface area contributed by atoms with Crippen LogP contribution in [0, 0.1) is 17.1 Å². The standard InChI is InChI=1S/C30H26ClF3N6O3/c1-2-17-11-18(32)13-21(12-17)39(28(43)24-7-8-25(41)40(24)29-36-10-9-19(16-35)38-29)26(22-5-3-4-6-23(22)31)27(42)37-20-14-30(33,34)15-20/h3-6,9-13,20,24,26H,2,7-8,14-15H2,1H3,(H,37,42)/t24-,26-/m0/s1. The molecule has 13 heteroatoms. The van der Waals surface area contributed by atoms with E-state index in [1.807, 2.05) is 6.07 Å². The van der Waals surface area contributed by atoms with Gasteiger partial charge in [-0.25, -0.2) is 23.1 Å². The molecule has 1 aliphatic carbocycles. The Bertz CT molecular complexity index is 1620. The number of anilines is 2. The van der Waals surface area contributed by atoms with Crippen LogP contribution in [0.15, 0.2) is 54.7 Å². The van der Waals surface area contributed by atoms with E-state index in [0.717, 1.165) is 15.9 Å². The summed E-state index contributed by atoms with van der Waals surface area (Å²) in [5.74, 6) is -5.84. The molecule has 1 aliphatic heterocycles. The summed E-state index contributed by atoms with van der Waals surface area (Å²) in [6.45, 7) is 1.79. The summed E-state index contributed by atoms with van der Waals surface area (Å²) >= 11 is 6.53. The van der Waals surface area contributed by atoms with Crippen molar-refractivity contribution in [2.45, 2.75) is 63.1 Å². The van der Waals surface area contributed by atoms with E-state index in [4.69, 9.17) is 11.6 Å². The summed E-state index contributed by atoms with van der Waals surface area (Å²) in [7, 11) is 0. The van der Waals surface area contributed by atoms with E-state index in [-0.39, 0.29) is 40.8 Å². The van der Waals surface area contributed by atoms with E-state index < -0.39 is 60.4 Å². The molecule has 5 rings (SSSR count). The molecule has 43 heavy (non-hydrogen) atoms. The third-order valence-corrected chi connectivity index (χ3v) is 7.82. The number of rotatable bonds is 8. The average molecular weight is 611 g/mol. The van der Waals surface area contributed by atoms with E-state index in [2.05, 4.69) is 15.3 Å². The summed E-state index contributed by atoms with van der Waals surface area (Å²) in [5, 5.41) is 12.0. The number of nitrogens with one attached hydrogen (secondary N) is 1. The first-order valence-electron chi connectivity index (χ1n) is 13.6. The highest BCUT2D eigenvalue weighted by atomic mass is 35.5. The van der Waals surface area contributed by atoms with Crippen LogP contribution in [0.3, 0.4) is 0 Å². The summed E-state index contributed by atoms with van der Waals surface area (Å²) < 4.78 is 42.3. The topological polar surface area (TPSA) is 119 Å². The SMILES string of the molecule is CCc1cc(F)cc(N(C(=O)[C@@H]2CCC(=O)N2c2nccc(C#N)n2)[C@H](C(=O)NC2CC(F)(F)C2)c2ccccc2Cl)c1. The Morgan fingerprint density at radius 1 is 1.23 bits per heavy atom. The zero-order valence-corrected chi connectivity index (χ0v) is 23.7. The number of alkyl halides is 2. The van der Waals surface area contributed by atoms with Crippen molar-refractivity contribution < 1.29 is 27.6 Å². The molecule has 1 aromatic heterocycles. The smallest absolute Gasteiger partial charge is 0.252 e. The van der Waals surface area contributed by atoms with Gasteiger partial charge >= 0.3 is 0 Å². The van der Waals surface area contributed by atoms with Crippen LogP contribution >= 0.6 is 11.6 Å². The van der Waals surface area contributed by atoms with E-state index >= 15 is 0 Å². The fourth-order valence-electron chi connectivity index (χ4n) is 5.37. The predicted molar refractivity (Wildman–Crippen MR) is 151 cm³/mol. The second-order valence-corrected chi connectivity index (χ2v) is 10.9. The fourth-order valence-corrected chi connectivity index (χ4v) is 5.61. The van der Waals surface area contributed by atoms with Crippen LogP contribution in [0.4, 0.5) is 24.8 Å². The van der Waals surface area contributed by atoms with Gasteiger partial charge in [0.1, 0.15) is 29.7 Å². The number of hydrogen-bond donors (Lipinski definition) is 1. The van der Waals surface area contributed by atoms with Crippen LogP contribution in [-0.2, 0) is 20.8 Å². The summed E-state index contributed by atoms with van der Waals surface area (Å²) in [5.41, 5.74) is 0.666. The predicted octanol–water partition coefficient (Wildman–Crippen LogP) is 4.89. The molecule has 2 fully saturated rings.